The first-order valence-electron chi connectivity index (χ1n) is 7.98. The van der Waals surface area contributed by atoms with Gasteiger partial charge in [-0.05, 0) is 38.0 Å². The van der Waals surface area contributed by atoms with Gasteiger partial charge in [0.25, 0.3) is 0 Å². The lowest BCUT2D eigenvalue weighted by molar-refractivity contribution is 0.535. The number of aryl methyl sites for hydroxylation is 2. The van der Waals surface area contributed by atoms with Crippen LogP contribution in [0.2, 0.25) is 5.02 Å². The minimum absolute atomic E-state index is 0.228. The van der Waals surface area contributed by atoms with Crippen molar-refractivity contribution in [2.24, 2.45) is 7.05 Å². The molecule has 1 unspecified atom stereocenters. The quantitative estimate of drug-likeness (QED) is 0.724. The maximum atomic E-state index is 6.04. The molecule has 6 nitrogen and oxygen atoms in total. The molecule has 0 N–H and O–H groups in total. The highest BCUT2D eigenvalue weighted by Crippen LogP contribution is 2.37. The van der Waals surface area contributed by atoms with E-state index < -0.39 is 0 Å². The molecule has 2 aromatic heterocycles. The number of hydrogen-bond donors (Lipinski definition) is 0. The molecule has 0 bridgehead atoms. The van der Waals surface area contributed by atoms with Crippen LogP contribution < -0.4 is 4.90 Å². The van der Waals surface area contributed by atoms with Gasteiger partial charge in [-0.25, -0.2) is 0 Å². The monoisotopic (exact) mass is 343 g/mol. The van der Waals surface area contributed by atoms with E-state index in [1.807, 2.05) is 42.9 Å². The van der Waals surface area contributed by atoms with Gasteiger partial charge in [0.05, 0.1) is 11.7 Å². The fraction of sp³-hybridized carbons (Fsp3) is 0.353. The van der Waals surface area contributed by atoms with Gasteiger partial charge in [-0.2, -0.15) is 5.10 Å². The first-order chi connectivity index (χ1) is 11.6. The molecule has 0 saturated carbocycles. The average Bonchev–Trinajstić information content (AvgIpc) is 3.26. The summed E-state index contributed by atoms with van der Waals surface area (Å²) >= 11 is 6.04. The van der Waals surface area contributed by atoms with Crippen molar-refractivity contribution >= 4 is 17.6 Å². The van der Waals surface area contributed by atoms with Gasteiger partial charge >= 0.3 is 6.01 Å². The van der Waals surface area contributed by atoms with E-state index in [4.69, 9.17) is 16.0 Å². The molecule has 124 valence electrons. The van der Waals surface area contributed by atoms with Crippen LogP contribution in [0, 0.1) is 6.92 Å². The summed E-state index contributed by atoms with van der Waals surface area (Å²) < 4.78 is 7.78. The summed E-state index contributed by atoms with van der Waals surface area (Å²) in [6.45, 7) is 2.94. The lowest BCUT2D eigenvalue weighted by Crippen LogP contribution is -2.23. The summed E-state index contributed by atoms with van der Waals surface area (Å²) in [5.41, 5.74) is 3.09. The number of benzene rings is 1. The van der Waals surface area contributed by atoms with Gasteiger partial charge in [0.15, 0.2) is 0 Å². The summed E-state index contributed by atoms with van der Waals surface area (Å²) in [6.07, 6.45) is 4.22. The summed E-state index contributed by atoms with van der Waals surface area (Å²) in [5.74, 6) is 0.487. The van der Waals surface area contributed by atoms with E-state index in [1.165, 1.54) is 5.56 Å². The Labute approximate surface area is 145 Å². The Hall–Kier alpha value is -2.34. The van der Waals surface area contributed by atoms with Crippen LogP contribution in [0.25, 0.3) is 11.5 Å². The number of halogens is 1. The molecule has 7 heteroatoms. The van der Waals surface area contributed by atoms with E-state index in [2.05, 4.69) is 26.4 Å². The fourth-order valence-electron chi connectivity index (χ4n) is 3.33. The van der Waals surface area contributed by atoms with Crippen LogP contribution in [0.4, 0.5) is 6.01 Å². The predicted molar refractivity (Wildman–Crippen MR) is 92.0 cm³/mol. The summed E-state index contributed by atoms with van der Waals surface area (Å²) in [7, 11) is 1.94. The van der Waals surface area contributed by atoms with Crippen molar-refractivity contribution in [3.63, 3.8) is 0 Å². The smallest absolute Gasteiger partial charge is 0.318 e. The topological polar surface area (TPSA) is 60.0 Å². The third-order valence-electron chi connectivity index (χ3n) is 4.39. The summed E-state index contributed by atoms with van der Waals surface area (Å²) in [6, 6.07) is 8.21. The Balaban J connectivity index is 1.65. The van der Waals surface area contributed by atoms with E-state index in [9.17, 15) is 0 Å². The number of rotatable bonds is 3. The van der Waals surface area contributed by atoms with Gasteiger partial charge in [0, 0.05) is 35.9 Å². The normalized spacial score (nSPS) is 17.6. The SMILES string of the molecule is Cc1nn(C)cc1C1CCCN1c1nnc(-c2cccc(Cl)c2)o1. The average molecular weight is 344 g/mol. The minimum Gasteiger partial charge on any atom is -0.403 e. The van der Waals surface area contributed by atoms with Crippen molar-refractivity contribution < 1.29 is 4.42 Å². The van der Waals surface area contributed by atoms with Crippen molar-refractivity contribution in [2.45, 2.75) is 25.8 Å². The second-order valence-corrected chi connectivity index (χ2v) is 6.53. The predicted octanol–water partition coefficient (Wildman–Crippen LogP) is 3.77. The zero-order chi connectivity index (χ0) is 16.7. The highest BCUT2D eigenvalue weighted by molar-refractivity contribution is 6.30. The summed E-state index contributed by atoms with van der Waals surface area (Å²) in [5, 5.41) is 13.6. The Bertz CT molecular complexity index is 872. The zero-order valence-corrected chi connectivity index (χ0v) is 14.4. The van der Waals surface area contributed by atoms with E-state index in [1.54, 1.807) is 0 Å². The second kappa shape index (κ2) is 5.94. The maximum Gasteiger partial charge on any atom is 0.318 e. The first kappa shape index (κ1) is 15.2. The molecule has 24 heavy (non-hydrogen) atoms. The van der Waals surface area contributed by atoms with Gasteiger partial charge < -0.3 is 9.32 Å². The Morgan fingerprint density at radius 1 is 1.29 bits per heavy atom. The number of nitrogens with zero attached hydrogens (tertiary/aromatic N) is 5. The van der Waals surface area contributed by atoms with Crippen LogP contribution in [0.5, 0.6) is 0 Å². The molecule has 1 atom stereocenters. The van der Waals surface area contributed by atoms with Crippen LogP contribution in [-0.4, -0.2) is 26.5 Å². The van der Waals surface area contributed by atoms with E-state index in [0.29, 0.717) is 16.9 Å². The van der Waals surface area contributed by atoms with Crippen molar-refractivity contribution in [3.8, 4) is 11.5 Å². The van der Waals surface area contributed by atoms with Crippen LogP contribution in [0.3, 0.4) is 0 Å². The van der Waals surface area contributed by atoms with Gasteiger partial charge in [0.2, 0.25) is 5.89 Å². The van der Waals surface area contributed by atoms with E-state index >= 15 is 0 Å². The molecule has 0 radical (unpaired) electrons. The van der Waals surface area contributed by atoms with Crippen molar-refractivity contribution in [2.75, 3.05) is 11.4 Å². The number of aromatic nitrogens is 4. The molecular formula is C17H18ClN5O. The largest absolute Gasteiger partial charge is 0.403 e. The molecule has 1 aliphatic heterocycles. The molecule has 0 amide bonds. The number of anilines is 1. The molecular weight excluding hydrogens is 326 g/mol. The first-order valence-corrected chi connectivity index (χ1v) is 8.36. The van der Waals surface area contributed by atoms with Gasteiger partial charge in [-0.15, -0.1) is 5.10 Å². The molecule has 3 aromatic rings. The summed E-state index contributed by atoms with van der Waals surface area (Å²) in [4.78, 5) is 2.17. The molecule has 3 heterocycles. The molecule has 1 aromatic carbocycles. The standard InChI is InChI=1S/C17H18ClN5O/c1-11-14(10-22(2)21-11)15-7-4-8-23(15)17-20-19-16(24-17)12-5-3-6-13(18)9-12/h3,5-6,9-10,15H,4,7-8H2,1-2H3. The van der Waals surface area contributed by atoms with Crippen molar-refractivity contribution in [1.82, 2.24) is 20.0 Å². The van der Waals surface area contributed by atoms with Crippen LogP contribution in [0.15, 0.2) is 34.9 Å². The van der Waals surface area contributed by atoms with E-state index in [0.717, 1.165) is 30.6 Å². The second-order valence-electron chi connectivity index (χ2n) is 6.10. The van der Waals surface area contributed by atoms with Gasteiger partial charge in [0.1, 0.15) is 0 Å². The lowest BCUT2D eigenvalue weighted by atomic mass is 10.1. The van der Waals surface area contributed by atoms with Crippen molar-refractivity contribution in [3.05, 3.63) is 46.7 Å². The number of hydrogen-bond acceptors (Lipinski definition) is 5. The molecule has 1 saturated heterocycles. The third-order valence-corrected chi connectivity index (χ3v) is 4.63. The molecule has 4 rings (SSSR count). The highest BCUT2D eigenvalue weighted by Gasteiger charge is 2.32. The van der Waals surface area contributed by atoms with Crippen LogP contribution in [-0.2, 0) is 7.05 Å². The zero-order valence-electron chi connectivity index (χ0n) is 13.6. The van der Waals surface area contributed by atoms with Crippen LogP contribution >= 0.6 is 11.6 Å². The van der Waals surface area contributed by atoms with Crippen molar-refractivity contribution in [1.29, 1.82) is 0 Å². The van der Waals surface area contributed by atoms with Gasteiger partial charge in [-0.1, -0.05) is 22.8 Å². The fourth-order valence-corrected chi connectivity index (χ4v) is 3.52. The van der Waals surface area contributed by atoms with E-state index in [-0.39, 0.29) is 6.04 Å². The maximum absolute atomic E-state index is 6.04. The molecule has 0 aliphatic carbocycles. The Kier molecular flexibility index (Phi) is 3.76. The Morgan fingerprint density at radius 2 is 2.17 bits per heavy atom. The third kappa shape index (κ3) is 2.67. The molecule has 1 fully saturated rings. The lowest BCUT2D eigenvalue weighted by Gasteiger charge is -2.21. The Morgan fingerprint density at radius 3 is 2.92 bits per heavy atom. The van der Waals surface area contributed by atoms with Gasteiger partial charge in [-0.3, -0.25) is 4.68 Å². The molecule has 0 spiro atoms. The minimum atomic E-state index is 0.228. The molecule has 1 aliphatic rings. The highest BCUT2D eigenvalue weighted by atomic mass is 35.5. The van der Waals surface area contributed by atoms with Crippen LogP contribution in [0.1, 0.15) is 30.1 Å².